The average molecular weight is 275 g/mol. The molecule has 5 heteroatoms. The van der Waals surface area contributed by atoms with Crippen molar-refractivity contribution in [1.82, 2.24) is 9.88 Å². The van der Waals surface area contributed by atoms with Crippen molar-refractivity contribution in [2.45, 2.75) is 13.5 Å². The summed E-state index contributed by atoms with van der Waals surface area (Å²) in [7, 11) is 1.93. The molecule has 4 nitrogen and oxygen atoms in total. The van der Waals surface area contributed by atoms with E-state index in [1.807, 2.05) is 42.5 Å². The fourth-order valence-electron chi connectivity index (χ4n) is 1.77. The van der Waals surface area contributed by atoms with Crippen LogP contribution in [-0.2, 0) is 11.3 Å². The highest BCUT2D eigenvalue weighted by Gasteiger charge is 2.09. The Morgan fingerprint density at radius 3 is 2.74 bits per heavy atom. The van der Waals surface area contributed by atoms with Crippen molar-refractivity contribution >= 4 is 22.4 Å². The normalized spacial score (nSPS) is 10.7. The van der Waals surface area contributed by atoms with Crippen molar-refractivity contribution in [3.05, 3.63) is 47.0 Å². The first-order chi connectivity index (χ1) is 9.13. The first-order valence-electron chi connectivity index (χ1n) is 6.08. The van der Waals surface area contributed by atoms with E-state index in [0.717, 1.165) is 12.2 Å². The number of nitrogens with one attached hydrogen (secondary N) is 1. The minimum Gasteiger partial charge on any atom is -0.301 e. The van der Waals surface area contributed by atoms with Crippen LogP contribution in [0.3, 0.4) is 0 Å². The standard InChI is InChI=1S/C14H17N3OS/c1-11-10-19-14(15-11)16-13(18)9-17(2)8-12-6-4-3-5-7-12/h3-7,10H,8-9H2,1-2H3,(H,15,16,18). The summed E-state index contributed by atoms with van der Waals surface area (Å²) < 4.78 is 0. The third kappa shape index (κ3) is 4.46. The van der Waals surface area contributed by atoms with Gasteiger partial charge in [-0.25, -0.2) is 4.98 Å². The van der Waals surface area contributed by atoms with Crippen molar-refractivity contribution in [1.29, 1.82) is 0 Å². The van der Waals surface area contributed by atoms with Gasteiger partial charge in [0.05, 0.1) is 12.2 Å². The number of carbonyl (C=O) groups is 1. The summed E-state index contributed by atoms with van der Waals surface area (Å²) in [4.78, 5) is 18.0. The predicted octanol–water partition coefficient (Wildman–Crippen LogP) is 2.52. The van der Waals surface area contributed by atoms with Crippen LogP contribution in [-0.4, -0.2) is 29.4 Å². The first kappa shape index (κ1) is 13.7. The van der Waals surface area contributed by atoms with Gasteiger partial charge in [-0.2, -0.15) is 0 Å². The molecule has 1 aromatic carbocycles. The molecule has 2 rings (SSSR count). The molecule has 1 aromatic heterocycles. The quantitative estimate of drug-likeness (QED) is 0.912. The number of nitrogens with zero attached hydrogens (tertiary/aromatic N) is 2. The molecule has 0 fully saturated rings. The summed E-state index contributed by atoms with van der Waals surface area (Å²) in [5, 5.41) is 5.39. The maximum Gasteiger partial charge on any atom is 0.240 e. The molecule has 0 saturated heterocycles. The lowest BCUT2D eigenvalue weighted by molar-refractivity contribution is -0.117. The molecule has 1 N–H and O–H groups in total. The van der Waals surface area contributed by atoms with Gasteiger partial charge >= 0.3 is 0 Å². The number of aromatic nitrogens is 1. The first-order valence-corrected chi connectivity index (χ1v) is 6.96. The van der Waals surface area contributed by atoms with Crippen molar-refractivity contribution in [3.63, 3.8) is 0 Å². The van der Waals surface area contributed by atoms with Crippen LogP contribution in [0.25, 0.3) is 0 Å². The molecule has 0 saturated carbocycles. The number of likely N-dealkylation sites (N-methyl/N-ethyl adjacent to an activating group) is 1. The molecular formula is C14H17N3OS. The van der Waals surface area contributed by atoms with Crippen molar-refractivity contribution < 1.29 is 4.79 Å². The second-order valence-electron chi connectivity index (χ2n) is 4.50. The van der Waals surface area contributed by atoms with Crippen LogP contribution < -0.4 is 5.32 Å². The monoisotopic (exact) mass is 275 g/mol. The van der Waals surface area contributed by atoms with Crippen LogP contribution in [0.4, 0.5) is 5.13 Å². The summed E-state index contributed by atoms with van der Waals surface area (Å²) in [6, 6.07) is 10.1. The van der Waals surface area contributed by atoms with E-state index in [2.05, 4.69) is 22.4 Å². The minimum absolute atomic E-state index is 0.0345. The maximum absolute atomic E-state index is 11.8. The Hall–Kier alpha value is -1.72. The van der Waals surface area contributed by atoms with Crippen LogP contribution in [0.15, 0.2) is 35.7 Å². The van der Waals surface area contributed by atoms with E-state index >= 15 is 0 Å². The van der Waals surface area contributed by atoms with Gasteiger partial charge in [0, 0.05) is 11.9 Å². The predicted molar refractivity (Wildman–Crippen MR) is 78.3 cm³/mol. The van der Waals surface area contributed by atoms with Crippen LogP contribution >= 0.6 is 11.3 Å². The number of aryl methyl sites for hydroxylation is 1. The zero-order valence-electron chi connectivity index (χ0n) is 11.1. The third-order valence-corrected chi connectivity index (χ3v) is 3.45. The molecule has 1 heterocycles. The molecular weight excluding hydrogens is 258 g/mol. The largest absolute Gasteiger partial charge is 0.301 e. The lowest BCUT2D eigenvalue weighted by Gasteiger charge is -2.15. The molecule has 100 valence electrons. The van der Waals surface area contributed by atoms with Crippen LogP contribution in [0, 0.1) is 6.92 Å². The Morgan fingerprint density at radius 2 is 2.11 bits per heavy atom. The number of hydrogen-bond donors (Lipinski definition) is 1. The maximum atomic E-state index is 11.8. The highest BCUT2D eigenvalue weighted by atomic mass is 32.1. The van der Waals surface area contributed by atoms with Gasteiger partial charge in [-0.3, -0.25) is 9.69 Å². The number of rotatable bonds is 5. The lowest BCUT2D eigenvalue weighted by atomic mass is 10.2. The molecule has 0 radical (unpaired) electrons. The number of carbonyl (C=O) groups excluding carboxylic acids is 1. The zero-order valence-corrected chi connectivity index (χ0v) is 11.9. The Morgan fingerprint density at radius 1 is 1.37 bits per heavy atom. The van der Waals surface area contributed by atoms with Gasteiger partial charge in [0.1, 0.15) is 0 Å². The SMILES string of the molecule is Cc1csc(NC(=O)CN(C)Cc2ccccc2)n1. The van der Waals surface area contributed by atoms with E-state index in [-0.39, 0.29) is 5.91 Å². The Bertz CT molecular complexity index is 539. The Kier molecular flexibility index (Phi) is 4.65. The average Bonchev–Trinajstić information content (AvgIpc) is 2.75. The van der Waals surface area contributed by atoms with Gasteiger partial charge in [0.25, 0.3) is 0 Å². The second kappa shape index (κ2) is 6.45. The number of hydrogen-bond acceptors (Lipinski definition) is 4. The molecule has 0 atom stereocenters. The van der Waals surface area contributed by atoms with Gasteiger partial charge in [-0.05, 0) is 19.5 Å². The Balaban J connectivity index is 1.82. The molecule has 0 unspecified atom stereocenters. The van der Waals surface area contributed by atoms with Gasteiger partial charge in [-0.1, -0.05) is 30.3 Å². The molecule has 0 aliphatic carbocycles. The third-order valence-electron chi connectivity index (χ3n) is 2.57. The second-order valence-corrected chi connectivity index (χ2v) is 5.36. The van der Waals surface area contributed by atoms with Crippen molar-refractivity contribution in [2.24, 2.45) is 0 Å². The number of thiazole rings is 1. The number of amides is 1. The molecule has 0 aliphatic heterocycles. The summed E-state index contributed by atoms with van der Waals surface area (Å²) in [6.07, 6.45) is 0. The van der Waals surface area contributed by atoms with Crippen LogP contribution in [0.1, 0.15) is 11.3 Å². The fraction of sp³-hybridized carbons (Fsp3) is 0.286. The van der Waals surface area contributed by atoms with Gasteiger partial charge in [0.2, 0.25) is 5.91 Å². The minimum atomic E-state index is -0.0345. The van der Waals surface area contributed by atoms with Crippen LogP contribution in [0.5, 0.6) is 0 Å². The van der Waals surface area contributed by atoms with Gasteiger partial charge < -0.3 is 5.32 Å². The zero-order chi connectivity index (χ0) is 13.7. The van der Waals surface area contributed by atoms with E-state index in [1.165, 1.54) is 16.9 Å². The van der Waals surface area contributed by atoms with E-state index < -0.39 is 0 Å². The summed E-state index contributed by atoms with van der Waals surface area (Å²) in [5.74, 6) is -0.0345. The topological polar surface area (TPSA) is 45.2 Å². The molecule has 0 aliphatic rings. The molecule has 1 amide bonds. The van der Waals surface area contributed by atoms with E-state index in [4.69, 9.17) is 0 Å². The fourth-order valence-corrected chi connectivity index (χ4v) is 2.47. The number of benzene rings is 1. The Labute approximate surface area is 117 Å². The smallest absolute Gasteiger partial charge is 0.240 e. The van der Waals surface area contributed by atoms with Crippen LogP contribution in [0.2, 0.25) is 0 Å². The highest BCUT2D eigenvalue weighted by molar-refractivity contribution is 7.13. The molecule has 0 spiro atoms. The summed E-state index contributed by atoms with van der Waals surface area (Å²) >= 11 is 1.45. The van der Waals surface area contributed by atoms with Crippen molar-refractivity contribution in [2.75, 3.05) is 18.9 Å². The van der Waals surface area contributed by atoms with Crippen molar-refractivity contribution in [3.8, 4) is 0 Å². The lowest BCUT2D eigenvalue weighted by Crippen LogP contribution is -2.29. The van der Waals surface area contributed by atoms with Gasteiger partial charge in [0.15, 0.2) is 5.13 Å². The van der Waals surface area contributed by atoms with E-state index in [1.54, 1.807) is 0 Å². The highest BCUT2D eigenvalue weighted by Crippen LogP contribution is 2.14. The van der Waals surface area contributed by atoms with E-state index in [0.29, 0.717) is 11.7 Å². The molecule has 19 heavy (non-hydrogen) atoms. The summed E-state index contributed by atoms with van der Waals surface area (Å²) in [6.45, 7) is 3.02. The molecule has 0 bridgehead atoms. The van der Waals surface area contributed by atoms with E-state index in [9.17, 15) is 4.79 Å². The number of anilines is 1. The molecule has 2 aromatic rings. The summed E-state index contributed by atoms with van der Waals surface area (Å²) in [5.41, 5.74) is 2.13. The van der Waals surface area contributed by atoms with Gasteiger partial charge in [-0.15, -0.1) is 11.3 Å².